The molecule has 0 heterocycles. The van der Waals surface area contributed by atoms with Crippen LogP contribution in [0.4, 0.5) is 0 Å². The number of nitrogens with zero attached hydrogens (tertiary/aromatic N) is 2. The highest BCUT2D eigenvalue weighted by Gasteiger charge is 2.19. The van der Waals surface area contributed by atoms with Crippen molar-refractivity contribution in [1.29, 1.82) is 0 Å². The molecule has 10 heteroatoms. The number of unbranched alkanes of at least 4 members (excludes halogenated alkanes) is 23. The Morgan fingerprint density at radius 1 is 0.404 bits per heavy atom. The molecule has 8 N–H and O–H groups in total. The minimum absolute atomic E-state index is 0.130. The summed E-state index contributed by atoms with van der Waals surface area (Å²) in [5, 5.41) is 0. The van der Waals surface area contributed by atoms with Gasteiger partial charge in [0.2, 0.25) is 0 Å². The summed E-state index contributed by atoms with van der Waals surface area (Å²) < 4.78 is 11.1. The topological polar surface area (TPSA) is 163 Å². The van der Waals surface area contributed by atoms with Crippen LogP contribution in [0, 0.1) is 0 Å². The summed E-state index contributed by atoms with van der Waals surface area (Å²) in [6.07, 6.45) is 33.1. The van der Waals surface area contributed by atoms with Crippen molar-refractivity contribution >= 4 is 11.9 Å². The van der Waals surface area contributed by atoms with Crippen molar-refractivity contribution in [3.8, 4) is 0 Å². The lowest BCUT2D eigenvalue weighted by Gasteiger charge is -2.29. The van der Waals surface area contributed by atoms with E-state index in [0.29, 0.717) is 13.1 Å². The third-order valence-corrected chi connectivity index (χ3v) is 10.2. The van der Waals surface area contributed by atoms with Gasteiger partial charge in [-0.3, -0.25) is 19.4 Å². The van der Waals surface area contributed by atoms with Crippen LogP contribution in [0.1, 0.15) is 181 Å². The maximum absolute atomic E-state index is 11.9. The predicted octanol–water partition coefficient (Wildman–Crippen LogP) is 7.43. The maximum Gasteiger partial charge on any atom is 0.320 e. The summed E-state index contributed by atoms with van der Waals surface area (Å²) in [4.78, 5) is 28.7. The van der Waals surface area contributed by atoms with Gasteiger partial charge in [0.1, 0.15) is 12.2 Å². The number of carbonyl (C=O) groups excluding carboxylic acids is 2. The Bertz CT molecular complexity index is 715. The van der Waals surface area contributed by atoms with Gasteiger partial charge in [0.15, 0.2) is 0 Å². The van der Waals surface area contributed by atoms with Crippen molar-refractivity contribution in [2.75, 3.05) is 65.4 Å². The largest absolute Gasteiger partial charge is 0.459 e. The van der Waals surface area contributed by atoms with Gasteiger partial charge in [-0.05, 0) is 51.9 Å². The molecule has 310 valence electrons. The van der Waals surface area contributed by atoms with Gasteiger partial charge in [-0.25, -0.2) is 0 Å². The van der Waals surface area contributed by atoms with Gasteiger partial charge >= 0.3 is 11.9 Å². The molecule has 10 nitrogen and oxygen atoms in total. The van der Waals surface area contributed by atoms with E-state index in [1.165, 1.54) is 141 Å². The van der Waals surface area contributed by atoms with E-state index < -0.39 is 11.9 Å². The number of esters is 2. The molecule has 0 aromatic heterocycles. The molecule has 0 rings (SSSR count). The first-order valence-electron chi connectivity index (χ1n) is 22.1. The molecule has 52 heavy (non-hydrogen) atoms. The van der Waals surface area contributed by atoms with Crippen LogP contribution in [0.2, 0.25) is 0 Å². The lowest BCUT2D eigenvalue weighted by atomic mass is 10.1. The van der Waals surface area contributed by atoms with Gasteiger partial charge in [-0.1, -0.05) is 155 Å². The molecule has 0 aliphatic heterocycles. The molecule has 0 saturated carbocycles. The van der Waals surface area contributed by atoms with Gasteiger partial charge in [0, 0.05) is 26.2 Å². The quantitative estimate of drug-likeness (QED) is 0.0366. The van der Waals surface area contributed by atoms with E-state index >= 15 is 0 Å². The molecule has 0 bridgehead atoms. The summed E-state index contributed by atoms with van der Waals surface area (Å²) in [6, 6.07) is 0. The molecular weight excluding hydrogens is 653 g/mol. The van der Waals surface area contributed by atoms with E-state index in [9.17, 15) is 9.59 Å². The molecule has 0 aromatic carbocycles. The predicted molar refractivity (Wildman–Crippen MR) is 220 cm³/mol. The summed E-state index contributed by atoms with van der Waals surface area (Å²) in [5.74, 6) is -0.807. The number of hydrogen-bond donors (Lipinski definition) is 4. The van der Waals surface area contributed by atoms with E-state index in [-0.39, 0.29) is 38.4 Å². The third kappa shape index (κ3) is 33.3. The Morgan fingerprint density at radius 3 is 0.865 bits per heavy atom. The van der Waals surface area contributed by atoms with E-state index in [2.05, 4.69) is 23.6 Å². The van der Waals surface area contributed by atoms with E-state index in [0.717, 1.165) is 51.9 Å². The molecule has 2 unspecified atom stereocenters. The molecule has 0 fully saturated rings. The van der Waals surface area contributed by atoms with Gasteiger partial charge in [0.25, 0.3) is 0 Å². The Hall–Kier alpha value is -1.30. The fourth-order valence-corrected chi connectivity index (χ4v) is 6.98. The van der Waals surface area contributed by atoms with Crippen LogP contribution in [0.5, 0.6) is 0 Å². The lowest BCUT2D eigenvalue weighted by molar-refractivity contribution is -0.148. The van der Waals surface area contributed by atoms with Crippen LogP contribution in [-0.2, 0) is 19.1 Å². The van der Waals surface area contributed by atoms with Crippen LogP contribution >= 0.6 is 0 Å². The van der Waals surface area contributed by atoms with Crippen LogP contribution in [0.3, 0.4) is 0 Å². The molecule has 0 radical (unpaired) electrons. The summed E-state index contributed by atoms with van der Waals surface area (Å²) >= 11 is 0. The van der Waals surface area contributed by atoms with Crippen LogP contribution in [-0.4, -0.2) is 99.4 Å². The Kier molecular flexibility index (Phi) is 38.4. The maximum atomic E-state index is 11.9. The van der Waals surface area contributed by atoms with E-state index in [4.69, 9.17) is 32.4 Å². The second-order valence-corrected chi connectivity index (χ2v) is 15.2. The third-order valence-electron chi connectivity index (χ3n) is 10.2. The normalized spacial score (nSPS) is 12.8. The van der Waals surface area contributed by atoms with Gasteiger partial charge in [0.05, 0.1) is 13.1 Å². The number of rotatable bonds is 41. The number of carbonyl (C=O) groups is 2. The Morgan fingerprint density at radius 2 is 0.635 bits per heavy atom. The van der Waals surface area contributed by atoms with Crippen molar-refractivity contribution in [1.82, 2.24) is 9.80 Å². The summed E-state index contributed by atoms with van der Waals surface area (Å²) in [5.41, 5.74) is 23.0. The Labute approximate surface area is 321 Å². The highest BCUT2D eigenvalue weighted by Crippen LogP contribution is 2.15. The first-order valence-corrected chi connectivity index (χ1v) is 22.1. The van der Waals surface area contributed by atoms with E-state index in [1.54, 1.807) is 0 Å². The SMILES string of the molecule is CCCCCCCCCCCCCCN(CCCCN(CCCCCCCCCCCCCC)CC(CN)OC(=O)CN)CC(CN)OC(=O)CN. The number of nitrogens with two attached hydrogens (primary N) is 4. The lowest BCUT2D eigenvalue weighted by Crippen LogP contribution is -2.42. The standard InChI is InChI=1S/C42H88N6O4/c1-3-5-7-9-11-13-15-17-19-21-23-25-29-47(37-39(33-43)51-41(49)35-45)31-27-28-32-48(38-40(34-44)52-42(50)36-46)30-26-24-22-20-18-16-14-12-10-8-6-4-2/h39-40H,3-38,43-46H2,1-2H3. The molecule has 0 amide bonds. The fourth-order valence-electron chi connectivity index (χ4n) is 6.98. The van der Waals surface area contributed by atoms with Crippen molar-refractivity contribution < 1.29 is 19.1 Å². The van der Waals surface area contributed by atoms with Crippen molar-refractivity contribution in [3.05, 3.63) is 0 Å². The average Bonchev–Trinajstić information content (AvgIpc) is 3.15. The number of ether oxygens (including phenoxy) is 2. The zero-order valence-electron chi connectivity index (χ0n) is 34.4. The Balaban J connectivity index is 4.80. The van der Waals surface area contributed by atoms with Crippen molar-refractivity contribution in [2.45, 2.75) is 193 Å². The monoisotopic (exact) mass is 741 g/mol. The second-order valence-electron chi connectivity index (χ2n) is 15.2. The highest BCUT2D eigenvalue weighted by molar-refractivity contribution is 5.71. The first-order chi connectivity index (χ1) is 25.4. The van der Waals surface area contributed by atoms with Crippen LogP contribution in [0.25, 0.3) is 0 Å². The molecule has 0 spiro atoms. The average molecular weight is 741 g/mol. The molecule has 0 saturated heterocycles. The van der Waals surface area contributed by atoms with E-state index in [1.807, 2.05) is 0 Å². The van der Waals surface area contributed by atoms with Gasteiger partial charge in [-0.15, -0.1) is 0 Å². The minimum Gasteiger partial charge on any atom is -0.459 e. The smallest absolute Gasteiger partial charge is 0.320 e. The summed E-state index contributed by atoms with van der Waals surface area (Å²) in [7, 11) is 0. The van der Waals surface area contributed by atoms with Gasteiger partial charge < -0.3 is 32.4 Å². The molecular formula is C42H88N6O4. The van der Waals surface area contributed by atoms with Crippen molar-refractivity contribution in [3.63, 3.8) is 0 Å². The van der Waals surface area contributed by atoms with Crippen molar-refractivity contribution in [2.24, 2.45) is 22.9 Å². The zero-order valence-corrected chi connectivity index (χ0v) is 34.4. The number of hydrogen-bond acceptors (Lipinski definition) is 10. The molecule has 0 aromatic rings. The molecule has 0 aliphatic carbocycles. The first kappa shape index (κ1) is 50.7. The fraction of sp³-hybridized carbons (Fsp3) is 0.952. The molecule has 0 aliphatic rings. The minimum atomic E-state index is -0.404. The highest BCUT2D eigenvalue weighted by atomic mass is 16.5. The van der Waals surface area contributed by atoms with Gasteiger partial charge in [-0.2, -0.15) is 0 Å². The van der Waals surface area contributed by atoms with Crippen LogP contribution in [0.15, 0.2) is 0 Å². The summed E-state index contributed by atoms with van der Waals surface area (Å²) in [6.45, 7) is 9.91. The molecule has 2 atom stereocenters. The second kappa shape index (κ2) is 39.4. The van der Waals surface area contributed by atoms with Crippen LogP contribution < -0.4 is 22.9 Å². The zero-order chi connectivity index (χ0) is 38.3.